The lowest BCUT2D eigenvalue weighted by molar-refractivity contribution is 0.733. The van der Waals surface area contributed by atoms with Crippen molar-refractivity contribution >= 4 is 37.9 Å². The summed E-state index contributed by atoms with van der Waals surface area (Å²) in [5.41, 5.74) is 4.69. The Bertz CT molecular complexity index is 1170. The molecular weight excluding hydrogens is 414 g/mol. The van der Waals surface area contributed by atoms with E-state index >= 15 is 0 Å². The van der Waals surface area contributed by atoms with Gasteiger partial charge in [0, 0.05) is 16.9 Å². The third-order valence-corrected chi connectivity index (χ3v) is 5.67. The molecule has 4 rings (SSSR count). The Kier molecular flexibility index (Phi) is 6.04. The highest BCUT2D eigenvalue weighted by Gasteiger charge is 2.16. The van der Waals surface area contributed by atoms with Crippen molar-refractivity contribution < 1.29 is 0 Å². The van der Waals surface area contributed by atoms with E-state index in [0.717, 1.165) is 38.5 Å². The van der Waals surface area contributed by atoms with Crippen molar-refractivity contribution in [3.63, 3.8) is 0 Å². The summed E-state index contributed by atoms with van der Waals surface area (Å²) < 4.78 is 4.41. The topological polar surface area (TPSA) is 39.8 Å². The van der Waals surface area contributed by atoms with E-state index in [0.29, 0.717) is 5.92 Å². The van der Waals surface area contributed by atoms with Gasteiger partial charge >= 0.3 is 5.69 Å². The molecule has 1 atom stereocenters. The van der Waals surface area contributed by atoms with Crippen molar-refractivity contribution in [2.45, 2.75) is 40.0 Å². The Hall–Kier alpha value is -2.40. The van der Waals surface area contributed by atoms with E-state index in [2.05, 4.69) is 46.9 Å². The normalized spacial score (nSPS) is 12.1. The van der Waals surface area contributed by atoms with Gasteiger partial charge in [0.25, 0.3) is 0 Å². The summed E-state index contributed by atoms with van der Waals surface area (Å²) in [6.45, 7) is 8.40. The monoisotopic (exact) mass is 439 g/mol. The molecule has 2 aromatic carbocycles. The molecule has 2 heterocycles. The van der Waals surface area contributed by atoms with Crippen LogP contribution in [0, 0.1) is 0 Å². The highest BCUT2D eigenvalue weighted by Crippen LogP contribution is 2.28. The zero-order chi connectivity index (χ0) is 20.4. The van der Waals surface area contributed by atoms with Gasteiger partial charge in [-0.25, -0.2) is 4.79 Å². The molecule has 5 heteroatoms. The Morgan fingerprint density at radius 3 is 2.43 bits per heavy atom. The Balaban J connectivity index is 0.00000109. The van der Waals surface area contributed by atoms with Crippen molar-refractivity contribution in [2.24, 2.45) is 7.05 Å². The second kappa shape index (κ2) is 8.31. The van der Waals surface area contributed by atoms with E-state index in [4.69, 9.17) is 0 Å². The molecule has 0 fully saturated rings. The Morgan fingerprint density at radius 1 is 1.11 bits per heavy atom. The van der Waals surface area contributed by atoms with Crippen LogP contribution in [0.3, 0.4) is 0 Å². The first-order valence-electron chi connectivity index (χ1n) is 9.77. The first-order chi connectivity index (χ1) is 13.5. The predicted molar refractivity (Wildman–Crippen MR) is 122 cm³/mol. The number of fused-ring (bicyclic) bond motifs is 3. The van der Waals surface area contributed by atoms with Crippen molar-refractivity contribution in [1.29, 1.82) is 0 Å². The van der Waals surface area contributed by atoms with E-state index < -0.39 is 0 Å². The van der Waals surface area contributed by atoms with Crippen LogP contribution in [0.5, 0.6) is 0 Å². The minimum Gasteiger partial charge on any atom is -0.293 e. The number of rotatable bonds is 3. The molecule has 146 valence electrons. The zero-order valence-corrected chi connectivity index (χ0v) is 18.6. The molecule has 28 heavy (non-hydrogen) atoms. The number of aryl methyl sites for hydroxylation is 1. The van der Waals surface area contributed by atoms with Gasteiger partial charge in [-0.05, 0) is 48.2 Å². The minimum absolute atomic E-state index is 0.0643. The number of halogens is 1. The number of aromatic nitrogens is 3. The van der Waals surface area contributed by atoms with Crippen LogP contribution in [0.15, 0.2) is 57.9 Å². The number of hydrogen-bond donors (Lipinski definition) is 0. The fourth-order valence-corrected chi connectivity index (χ4v) is 3.76. The van der Waals surface area contributed by atoms with Crippen LogP contribution in [0.25, 0.3) is 27.6 Å². The summed E-state index contributed by atoms with van der Waals surface area (Å²) in [7, 11) is 1.79. The lowest BCUT2D eigenvalue weighted by atomic mass is 9.98. The van der Waals surface area contributed by atoms with Crippen molar-refractivity contribution in [1.82, 2.24) is 14.1 Å². The molecule has 0 aliphatic carbocycles. The summed E-state index contributed by atoms with van der Waals surface area (Å²) >= 11 is 3.54. The Morgan fingerprint density at radius 2 is 1.79 bits per heavy atom. The van der Waals surface area contributed by atoms with Crippen LogP contribution in [-0.4, -0.2) is 14.1 Å². The maximum Gasteiger partial charge on any atom is 0.333 e. The maximum absolute atomic E-state index is 13.0. The van der Waals surface area contributed by atoms with Crippen LogP contribution in [0.4, 0.5) is 0 Å². The second-order valence-electron chi connectivity index (χ2n) is 6.73. The number of pyridine rings is 1. The molecule has 0 bridgehead atoms. The fourth-order valence-electron chi connectivity index (χ4n) is 3.40. The maximum atomic E-state index is 13.0. The SMILES string of the molecule is CC.CCC(C)c1ccc(-n2c(=O)n(C)c3cnc4ccc(Br)cc4c32)cc1. The lowest BCUT2D eigenvalue weighted by Crippen LogP contribution is -2.20. The van der Waals surface area contributed by atoms with Gasteiger partial charge in [-0.2, -0.15) is 0 Å². The molecule has 0 N–H and O–H groups in total. The van der Waals surface area contributed by atoms with Crippen molar-refractivity contribution in [2.75, 3.05) is 0 Å². The van der Waals surface area contributed by atoms with Crippen LogP contribution >= 0.6 is 15.9 Å². The average Bonchev–Trinajstić information content (AvgIpc) is 3.00. The average molecular weight is 440 g/mol. The standard InChI is InChI=1S/C21H20BrN3O.C2H6/c1-4-13(2)14-5-8-16(9-6-14)25-20-17-11-15(22)7-10-18(17)23-12-19(20)24(3)21(25)26;1-2/h5-13H,4H2,1-3H3;1-2H3. The van der Waals surface area contributed by atoms with Gasteiger partial charge < -0.3 is 0 Å². The van der Waals surface area contributed by atoms with Gasteiger partial charge in [0.05, 0.1) is 28.4 Å². The van der Waals surface area contributed by atoms with Crippen molar-refractivity contribution in [3.8, 4) is 5.69 Å². The summed E-state index contributed by atoms with van der Waals surface area (Å²) in [6, 6.07) is 14.3. The molecule has 0 spiro atoms. The van der Waals surface area contributed by atoms with Crippen LogP contribution in [0.1, 0.15) is 45.6 Å². The number of nitrogens with zero attached hydrogens (tertiary/aromatic N) is 3. The molecule has 4 aromatic rings. The zero-order valence-electron chi connectivity index (χ0n) is 17.0. The second-order valence-corrected chi connectivity index (χ2v) is 7.65. The molecule has 0 aliphatic rings. The summed E-state index contributed by atoms with van der Waals surface area (Å²) in [4.78, 5) is 17.5. The van der Waals surface area contributed by atoms with Crippen LogP contribution < -0.4 is 5.69 Å². The molecule has 0 amide bonds. The minimum atomic E-state index is -0.0643. The highest BCUT2D eigenvalue weighted by molar-refractivity contribution is 9.10. The molecule has 0 aliphatic heterocycles. The fraction of sp³-hybridized carbons (Fsp3) is 0.304. The highest BCUT2D eigenvalue weighted by atomic mass is 79.9. The van der Waals surface area contributed by atoms with E-state index in [1.807, 2.05) is 44.2 Å². The van der Waals surface area contributed by atoms with Crippen molar-refractivity contribution in [3.05, 3.63) is 69.2 Å². The summed E-state index contributed by atoms with van der Waals surface area (Å²) in [5, 5.41) is 0.959. The molecule has 2 aromatic heterocycles. The van der Waals surface area contributed by atoms with Crippen LogP contribution in [-0.2, 0) is 7.05 Å². The third-order valence-electron chi connectivity index (χ3n) is 5.18. The van der Waals surface area contributed by atoms with Gasteiger partial charge in [-0.15, -0.1) is 0 Å². The number of imidazole rings is 1. The molecule has 0 saturated heterocycles. The number of benzene rings is 2. The predicted octanol–water partition coefficient (Wildman–Crippen LogP) is 6.18. The molecule has 4 nitrogen and oxygen atoms in total. The third kappa shape index (κ3) is 3.39. The molecule has 0 radical (unpaired) electrons. The van der Waals surface area contributed by atoms with Gasteiger partial charge in [-0.3, -0.25) is 14.1 Å². The van der Waals surface area contributed by atoms with E-state index in [1.54, 1.807) is 22.4 Å². The quantitative estimate of drug-likeness (QED) is 0.382. The number of hydrogen-bond acceptors (Lipinski definition) is 2. The first kappa shape index (κ1) is 20.3. The van der Waals surface area contributed by atoms with Gasteiger partial charge in [0.1, 0.15) is 0 Å². The van der Waals surface area contributed by atoms with Gasteiger partial charge in [0.2, 0.25) is 0 Å². The smallest absolute Gasteiger partial charge is 0.293 e. The van der Waals surface area contributed by atoms with E-state index in [1.165, 1.54) is 5.56 Å². The van der Waals surface area contributed by atoms with Gasteiger partial charge in [-0.1, -0.05) is 55.8 Å². The van der Waals surface area contributed by atoms with E-state index in [9.17, 15) is 4.79 Å². The largest absolute Gasteiger partial charge is 0.333 e. The molecule has 1 unspecified atom stereocenters. The lowest BCUT2D eigenvalue weighted by Gasteiger charge is -2.11. The molecule has 0 saturated carbocycles. The van der Waals surface area contributed by atoms with E-state index in [-0.39, 0.29) is 5.69 Å². The van der Waals surface area contributed by atoms with Crippen LogP contribution in [0.2, 0.25) is 0 Å². The van der Waals surface area contributed by atoms with Gasteiger partial charge in [0.15, 0.2) is 0 Å². The first-order valence-corrected chi connectivity index (χ1v) is 10.6. The summed E-state index contributed by atoms with van der Waals surface area (Å²) in [5.74, 6) is 0.509. The molecular formula is C23H26BrN3O. The Labute approximate surface area is 174 Å². The summed E-state index contributed by atoms with van der Waals surface area (Å²) in [6.07, 6.45) is 2.87.